The lowest BCUT2D eigenvalue weighted by Gasteiger charge is -2.11. The predicted octanol–water partition coefficient (Wildman–Crippen LogP) is 3.51. The molecule has 1 N–H and O–H groups in total. The highest BCUT2D eigenvalue weighted by molar-refractivity contribution is 5.41. The molecule has 23 heavy (non-hydrogen) atoms. The van der Waals surface area contributed by atoms with Crippen LogP contribution in [0.4, 0.5) is 0 Å². The highest BCUT2D eigenvalue weighted by Crippen LogP contribution is 2.47. The van der Waals surface area contributed by atoms with Gasteiger partial charge >= 0.3 is 0 Å². The van der Waals surface area contributed by atoms with Gasteiger partial charge in [-0.05, 0) is 30.0 Å². The fourth-order valence-electron chi connectivity index (χ4n) is 3.32. The molecular formula is C20H20N2O. The van der Waals surface area contributed by atoms with Gasteiger partial charge in [0, 0.05) is 24.6 Å². The summed E-state index contributed by atoms with van der Waals surface area (Å²) >= 11 is 0. The van der Waals surface area contributed by atoms with E-state index in [0.717, 1.165) is 38.3 Å². The first-order valence-electron chi connectivity index (χ1n) is 8.24. The van der Waals surface area contributed by atoms with Crippen LogP contribution in [0.1, 0.15) is 35.4 Å². The molecule has 0 amide bonds. The maximum atomic E-state index is 9.25. The monoisotopic (exact) mass is 304 g/mol. The van der Waals surface area contributed by atoms with E-state index in [1.165, 1.54) is 16.7 Å². The van der Waals surface area contributed by atoms with Crippen molar-refractivity contribution in [2.24, 2.45) is 0 Å². The lowest BCUT2D eigenvalue weighted by molar-refractivity contribution is 0.326. The number of nitrogens with one attached hydrogen (secondary N) is 1. The van der Waals surface area contributed by atoms with Gasteiger partial charge in [-0.15, -0.1) is 0 Å². The summed E-state index contributed by atoms with van der Waals surface area (Å²) in [6.07, 6.45) is 2.00. The molecule has 1 heterocycles. The number of para-hydroxylation sites is 1. The number of hydrogen-bond acceptors (Lipinski definition) is 3. The first-order valence-corrected chi connectivity index (χ1v) is 8.24. The minimum atomic E-state index is -0.184. The van der Waals surface area contributed by atoms with Crippen molar-refractivity contribution < 1.29 is 4.74 Å². The molecule has 0 radical (unpaired) electrons. The van der Waals surface area contributed by atoms with Gasteiger partial charge in [0.25, 0.3) is 0 Å². The van der Waals surface area contributed by atoms with Crippen LogP contribution in [0.2, 0.25) is 0 Å². The molecule has 1 fully saturated rings. The smallest absolute Gasteiger partial charge is 0.122 e. The zero-order chi connectivity index (χ0) is 15.7. The molecule has 0 spiro atoms. The van der Waals surface area contributed by atoms with Crippen LogP contribution in [0, 0.1) is 11.3 Å². The Balaban J connectivity index is 1.33. The van der Waals surface area contributed by atoms with E-state index in [1.54, 1.807) is 0 Å². The number of ether oxygens (including phenoxy) is 1. The Kier molecular flexibility index (Phi) is 3.55. The van der Waals surface area contributed by atoms with Gasteiger partial charge in [-0.1, -0.05) is 42.5 Å². The van der Waals surface area contributed by atoms with Gasteiger partial charge in [-0.3, -0.25) is 0 Å². The second-order valence-electron chi connectivity index (χ2n) is 6.57. The standard InChI is InChI=1S/C20H20N2O/c21-14-20(9-10-20)17-7-5-15(6-8-17)11-22-12-16-13-23-19-4-2-1-3-18(16)19/h1-8,16,22H,9-13H2. The molecule has 3 heteroatoms. The molecule has 2 aromatic carbocycles. The molecule has 1 unspecified atom stereocenters. The number of fused-ring (bicyclic) bond motifs is 1. The molecule has 3 nitrogen and oxygen atoms in total. The fraction of sp³-hybridized carbons (Fsp3) is 0.350. The molecule has 116 valence electrons. The van der Waals surface area contributed by atoms with Crippen molar-refractivity contribution in [3.05, 3.63) is 65.2 Å². The minimum absolute atomic E-state index is 0.184. The molecule has 2 aromatic rings. The van der Waals surface area contributed by atoms with Crippen molar-refractivity contribution in [1.82, 2.24) is 5.32 Å². The third-order valence-electron chi connectivity index (χ3n) is 4.99. The summed E-state index contributed by atoms with van der Waals surface area (Å²) in [4.78, 5) is 0. The molecule has 1 aliphatic carbocycles. The predicted molar refractivity (Wildman–Crippen MR) is 89.4 cm³/mol. The zero-order valence-corrected chi connectivity index (χ0v) is 13.1. The Hall–Kier alpha value is -2.31. The third kappa shape index (κ3) is 2.71. The van der Waals surface area contributed by atoms with E-state index in [1.807, 2.05) is 12.1 Å². The zero-order valence-electron chi connectivity index (χ0n) is 13.1. The van der Waals surface area contributed by atoms with E-state index in [4.69, 9.17) is 4.74 Å². The average Bonchev–Trinajstić information content (AvgIpc) is 3.31. The second-order valence-corrected chi connectivity index (χ2v) is 6.57. The van der Waals surface area contributed by atoms with E-state index >= 15 is 0 Å². The van der Waals surface area contributed by atoms with Crippen LogP contribution >= 0.6 is 0 Å². The molecule has 4 rings (SSSR count). The van der Waals surface area contributed by atoms with Crippen LogP contribution in [-0.4, -0.2) is 13.2 Å². The molecule has 0 aromatic heterocycles. The Labute approximate surface area is 136 Å². The molecule has 0 bridgehead atoms. The summed E-state index contributed by atoms with van der Waals surface area (Å²) < 4.78 is 5.72. The quantitative estimate of drug-likeness (QED) is 0.919. The summed E-state index contributed by atoms with van der Waals surface area (Å²) in [6.45, 7) is 2.52. The SMILES string of the molecule is N#CC1(c2ccc(CNCC3COc4ccccc43)cc2)CC1. The Morgan fingerprint density at radius 1 is 1.13 bits per heavy atom. The van der Waals surface area contributed by atoms with Crippen molar-refractivity contribution >= 4 is 0 Å². The summed E-state index contributed by atoms with van der Waals surface area (Å²) in [7, 11) is 0. The summed E-state index contributed by atoms with van der Waals surface area (Å²) in [5, 5.41) is 12.8. The van der Waals surface area contributed by atoms with Gasteiger partial charge in [-0.25, -0.2) is 0 Å². The van der Waals surface area contributed by atoms with Crippen LogP contribution in [-0.2, 0) is 12.0 Å². The van der Waals surface area contributed by atoms with Gasteiger partial charge in [0.15, 0.2) is 0 Å². The molecular weight excluding hydrogens is 284 g/mol. The van der Waals surface area contributed by atoms with Gasteiger partial charge in [0.1, 0.15) is 5.75 Å². The number of nitrogens with zero attached hydrogens (tertiary/aromatic N) is 1. The largest absolute Gasteiger partial charge is 0.493 e. The number of nitriles is 1. The van der Waals surface area contributed by atoms with E-state index in [-0.39, 0.29) is 5.41 Å². The van der Waals surface area contributed by atoms with Crippen LogP contribution in [0.3, 0.4) is 0 Å². The summed E-state index contributed by atoms with van der Waals surface area (Å²) in [5.74, 6) is 1.45. The minimum Gasteiger partial charge on any atom is -0.493 e. The van der Waals surface area contributed by atoms with Crippen LogP contribution in [0.25, 0.3) is 0 Å². The molecule has 1 atom stereocenters. The first kappa shape index (κ1) is 14.3. The molecule has 0 saturated heterocycles. The first-order chi connectivity index (χ1) is 11.3. The fourth-order valence-corrected chi connectivity index (χ4v) is 3.32. The van der Waals surface area contributed by atoms with E-state index in [2.05, 4.69) is 47.8 Å². The number of hydrogen-bond donors (Lipinski definition) is 1. The van der Waals surface area contributed by atoms with E-state index in [0.29, 0.717) is 5.92 Å². The van der Waals surface area contributed by atoms with Crippen molar-refractivity contribution in [2.45, 2.75) is 30.7 Å². The van der Waals surface area contributed by atoms with E-state index < -0.39 is 0 Å². The second kappa shape index (κ2) is 5.72. The summed E-state index contributed by atoms with van der Waals surface area (Å²) in [5.41, 5.74) is 3.55. The highest BCUT2D eigenvalue weighted by atomic mass is 16.5. The maximum Gasteiger partial charge on any atom is 0.122 e. The van der Waals surface area contributed by atoms with Gasteiger partial charge in [0.05, 0.1) is 18.1 Å². The maximum absolute atomic E-state index is 9.25. The molecule has 1 saturated carbocycles. The topological polar surface area (TPSA) is 45.0 Å². The van der Waals surface area contributed by atoms with Crippen molar-refractivity contribution in [3.8, 4) is 11.8 Å². The van der Waals surface area contributed by atoms with Crippen molar-refractivity contribution in [1.29, 1.82) is 5.26 Å². The lowest BCUT2D eigenvalue weighted by atomic mass is 9.96. The van der Waals surface area contributed by atoms with Crippen LogP contribution in [0.15, 0.2) is 48.5 Å². The van der Waals surface area contributed by atoms with Gasteiger partial charge < -0.3 is 10.1 Å². The van der Waals surface area contributed by atoms with Gasteiger partial charge in [0.2, 0.25) is 0 Å². The third-order valence-corrected chi connectivity index (χ3v) is 4.99. The molecule has 2 aliphatic rings. The summed E-state index contributed by atoms with van der Waals surface area (Å²) in [6, 6.07) is 19.2. The highest BCUT2D eigenvalue weighted by Gasteiger charge is 2.44. The number of benzene rings is 2. The van der Waals surface area contributed by atoms with Crippen molar-refractivity contribution in [3.63, 3.8) is 0 Å². The Bertz CT molecular complexity index is 741. The normalized spacial score (nSPS) is 20.4. The van der Waals surface area contributed by atoms with Gasteiger partial charge in [-0.2, -0.15) is 5.26 Å². The van der Waals surface area contributed by atoms with Crippen molar-refractivity contribution in [2.75, 3.05) is 13.2 Å². The number of rotatable bonds is 5. The van der Waals surface area contributed by atoms with Crippen LogP contribution in [0.5, 0.6) is 5.75 Å². The average molecular weight is 304 g/mol. The van der Waals surface area contributed by atoms with E-state index in [9.17, 15) is 5.26 Å². The van der Waals surface area contributed by atoms with Crippen LogP contribution < -0.4 is 10.1 Å². The Morgan fingerprint density at radius 2 is 1.91 bits per heavy atom. The lowest BCUT2D eigenvalue weighted by Crippen LogP contribution is -2.22. The Morgan fingerprint density at radius 3 is 2.65 bits per heavy atom. The molecule has 1 aliphatic heterocycles.